The number of imidazole rings is 1. The Hall–Kier alpha value is -1.23. The van der Waals surface area contributed by atoms with Crippen LogP contribution in [0, 0.1) is 6.92 Å². The van der Waals surface area contributed by atoms with Crippen LogP contribution in [0.1, 0.15) is 25.5 Å². The Morgan fingerprint density at radius 2 is 2.29 bits per heavy atom. The molecule has 0 saturated heterocycles. The minimum atomic E-state index is 0.319. The van der Waals surface area contributed by atoms with Gasteiger partial charge in [0.25, 0.3) is 0 Å². The van der Waals surface area contributed by atoms with Crippen LogP contribution < -0.4 is 5.73 Å². The Morgan fingerprint density at radius 1 is 1.53 bits per heavy atom. The van der Waals surface area contributed by atoms with Crippen molar-refractivity contribution in [2.45, 2.75) is 26.8 Å². The molecule has 1 unspecified atom stereocenters. The van der Waals surface area contributed by atoms with Gasteiger partial charge in [0.15, 0.2) is 5.65 Å². The number of fused-ring (bicyclic) bond motifs is 1. The van der Waals surface area contributed by atoms with Gasteiger partial charge in [-0.3, -0.25) is 4.57 Å². The van der Waals surface area contributed by atoms with Gasteiger partial charge in [-0.25, -0.2) is 9.97 Å². The van der Waals surface area contributed by atoms with Crippen LogP contribution in [0.5, 0.6) is 0 Å². The summed E-state index contributed by atoms with van der Waals surface area (Å²) in [4.78, 5) is 8.81. The third-order valence-corrected chi connectivity index (χ3v) is 3.94. The largest absolute Gasteiger partial charge is 0.369 e. The van der Waals surface area contributed by atoms with Crippen LogP contribution in [0.15, 0.2) is 12.3 Å². The fourth-order valence-corrected chi connectivity index (χ4v) is 2.65. The fraction of sp³-hybridized carbons (Fsp3) is 0.500. The third-order valence-electron chi connectivity index (χ3n) is 2.81. The summed E-state index contributed by atoms with van der Waals surface area (Å²) >= 11 is 1.90. The van der Waals surface area contributed by atoms with E-state index < -0.39 is 0 Å². The zero-order valence-electron chi connectivity index (χ0n) is 10.5. The van der Waals surface area contributed by atoms with Crippen LogP contribution in [0.25, 0.3) is 11.2 Å². The predicted molar refractivity (Wildman–Crippen MR) is 74.4 cm³/mol. The predicted octanol–water partition coefficient (Wildman–Crippen LogP) is 2.64. The smallest absolute Gasteiger partial charge is 0.202 e. The number of nitrogen functional groups attached to an aromatic ring is 1. The van der Waals surface area contributed by atoms with Crippen LogP contribution in [0.3, 0.4) is 0 Å². The molecule has 1 atom stereocenters. The summed E-state index contributed by atoms with van der Waals surface area (Å²) in [5.74, 6) is 2.71. The maximum Gasteiger partial charge on any atom is 0.202 e. The van der Waals surface area contributed by atoms with Crippen molar-refractivity contribution >= 4 is 28.9 Å². The van der Waals surface area contributed by atoms with Gasteiger partial charge in [0.05, 0.1) is 0 Å². The molecule has 0 aliphatic rings. The van der Waals surface area contributed by atoms with Crippen LogP contribution in [-0.2, 0) is 0 Å². The Kier molecular flexibility index (Phi) is 3.57. The summed E-state index contributed by atoms with van der Waals surface area (Å²) in [6.45, 7) is 6.35. The minimum absolute atomic E-state index is 0.319. The molecule has 0 radical (unpaired) electrons. The average Bonchev–Trinajstić information content (AvgIpc) is 2.64. The van der Waals surface area contributed by atoms with Gasteiger partial charge >= 0.3 is 0 Å². The van der Waals surface area contributed by atoms with Crippen LogP contribution >= 0.6 is 11.8 Å². The Balaban J connectivity index is 2.46. The van der Waals surface area contributed by atoms with E-state index in [-0.39, 0.29) is 0 Å². The second-order valence-electron chi connectivity index (χ2n) is 4.15. The number of aromatic nitrogens is 3. The number of rotatable bonds is 4. The lowest BCUT2D eigenvalue weighted by Gasteiger charge is -2.14. The molecule has 2 heterocycles. The molecule has 4 nitrogen and oxygen atoms in total. The average molecular weight is 250 g/mol. The lowest BCUT2D eigenvalue weighted by molar-refractivity contribution is 0.632. The van der Waals surface area contributed by atoms with Crippen molar-refractivity contribution in [1.82, 2.24) is 14.5 Å². The zero-order valence-corrected chi connectivity index (χ0v) is 11.3. The molecule has 0 spiro atoms. The lowest BCUT2D eigenvalue weighted by Crippen LogP contribution is -2.11. The molecular formula is C12H18N4S. The minimum Gasteiger partial charge on any atom is -0.369 e. The van der Waals surface area contributed by atoms with E-state index in [1.165, 1.54) is 0 Å². The first kappa shape index (κ1) is 12.2. The lowest BCUT2D eigenvalue weighted by atomic mass is 10.3. The van der Waals surface area contributed by atoms with Crippen LogP contribution in [-0.4, -0.2) is 26.0 Å². The molecule has 2 aromatic heterocycles. The molecular weight excluding hydrogens is 232 g/mol. The van der Waals surface area contributed by atoms with E-state index in [0.717, 1.165) is 28.2 Å². The van der Waals surface area contributed by atoms with E-state index >= 15 is 0 Å². The number of hydrogen-bond donors (Lipinski definition) is 1. The van der Waals surface area contributed by atoms with Crippen molar-refractivity contribution < 1.29 is 0 Å². The van der Waals surface area contributed by atoms with Crippen molar-refractivity contribution in [3.8, 4) is 0 Å². The molecule has 0 aliphatic heterocycles. The first-order valence-corrected chi connectivity index (χ1v) is 6.97. The van der Waals surface area contributed by atoms with Gasteiger partial charge in [0.1, 0.15) is 5.52 Å². The Morgan fingerprint density at radius 3 is 3.00 bits per heavy atom. The molecule has 17 heavy (non-hydrogen) atoms. The standard InChI is InChI=1S/C12H18N4S/c1-4-17-7-9(3)16-11-10(15-12(16)13)8(2)5-6-14-11/h5-6,9H,4,7H2,1-3H3,(H2,13,15). The molecule has 5 heteroatoms. The highest BCUT2D eigenvalue weighted by Gasteiger charge is 2.15. The molecule has 0 fully saturated rings. The first-order valence-electron chi connectivity index (χ1n) is 5.82. The van der Waals surface area contributed by atoms with E-state index in [1.54, 1.807) is 0 Å². The van der Waals surface area contributed by atoms with E-state index in [4.69, 9.17) is 5.73 Å². The highest BCUT2D eigenvalue weighted by atomic mass is 32.2. The molecule has 2 N–H and O–H groups in total. The molecule has 0 saturated carbocycles. The van der Waals surface area contributed by atoms with Crippen molar-refractivity contribution in [2.24, 2.45) is 0 Å². The number of aryl methyl sites for hydroxylation is 1. The van der Waals surface area contributed by atoms with Gasteiger partial charge in [-0.15, -0.1) is 0 Å². The van der Waals surface area contributed by atoms with Gasteiger partial charge < -0.3 is 5.73 Å². The molecule has 92 valence electrons. The molecule has 0 aliphatic carbocycles. The second kappa shape index (κ2) is 4.96. The summed E-state index contributed by atoms with van der Waals surface area (Å²) in [6.07, 6.45) is 1.81. The number of thioether (sulfide) groups is 1. The summed E-state index contributed by atoms with van der Waals surface area (Å²) in [5, 5.41) is 0. The quantitative estimate of drug-likeness (QED) is 0.906. The van der Waals surface area contributed by atoms with E-state index in [0.29, 0.717) is 12.0 Å². The SMILES string of the molecule is CCSCC(C)n1c(N)nc2c(C)ccnc21. The van der Waals surface area contributed by atoms with Gasteiger partial charge in [-0.2, -0.15) is 11.8 Å². The first-order chi connectivity index (χ1) is 8.15. The van der Waals surface area contributed by atoms with Crippen LogP contribution in [0.2, 0.25) is 0 Å². The zero-order chi connectivity index (χ0) is 12.4. The van der Waals surface area contributed by atoms with Crippen molar-refractivity contribution in [2.75, 3.05) is 17.2 Å². The molecule has 0 amide bonds. The van der Waals surface area contributed by atoms with Crippen molar-refractivity contribution in [1.29, 1.82) is 0 Å². The molecule has 2 aromatic rings. The van der Waals surface area contributed by atoms with Gasteiger partial charge in [-0.1, -0.05) is 6.92 Å². The van der Waals surface area contributed by atoms with Gasteiger partial charge in [-0.05, 0) is 31.2 Å². The molecule has 2 rings (SSSR count). The highest BCUT2D eigenvalue weighted by Crippen LogP contribution is 2.25. The number of hydrogen-bond acceptors (Lipinski definition) is 4. The Bertz CT molecular complexity index is 520. The second-order valence-corrected chi connectivity index (χ2v) is 5.47. The summed E-state index contributed by atoms with van der Waals surface area (Å²) in [6, 6.07) is 2.28. The van der Waals surface area contributed by atoms with Crippen LogP contribution in [0.4, 0.5) is 5.95 Å². The summed E-state index contributed by atoms with van der Waals surface area (Å²) in [7, 11) is 0. The number of anilines is 1. The maximum absolute atomic E-state index is 6.00. The molecule has 0 bridgehead atoms. The van der Waals surface area contributed by atoms with E-state index in [2.05, 4.69) is 23.8 Å². The number of nitrogens with two attached hydrogens (primary N) is 1. The number of nitrogens with zero attached hydrogens (tertiary/aromatic N) is 3. The van der Waals surface area contributed by atoms with Gasteiger partial charge in [0.2, 0.25) is 5.95 Å². The summed E-state index contributed by atoms with van der Waals surface area (Å²) in [5.41, 5.74) is 8.93. The van der Waals surface area contributed by atoms with Crippen molar-refractivity contribution in [3.63, 3.8) is 0 Å². The van der Waals surface area contributed by atoms with E-state index in [1.807, 2.05) is 35.5 Å². The molecule has 0 aromatic carbocycles. The monoisotopic (exact) mass is 250 g/mol. The third kappa shape index (κ3) is 2.24. The summed E-state index contributed by atoms with van der Waals surface area (Å²) < 4.78 is 2.03. The normalized spacial score (nSPS) is 13.1. The van der Waals surface area contributed by atoms with Crippen molar-refractivity contribution in [3.05, 3.63) is 17.8 Å². The number of pyridine rings is 1. The van der Waals surface area contributed by atoms with Gasteiger partial charge in [0, 0.05) is 18.0 Å². The maximum atomic E-state index is 6.00. The topological polar surface area (TPSA) is 56.7 Å². The highest BCUT2D eigenvalue weighted by molar-refractivity contribution is 7.99. The Labute approximate surface area is 106 Å². The van der Waals surface area contributed by atoms with E-state index in [9.17, 15) is 0 Å². The fourth-order valence-electron chi connectivity index (χ4n) is 1.92.